The lowest BCUT2D eigenvalue weighted by atomic mass is 10.1. The standard InChI is InChI=1S/C11H15FN2O3/c1-17-6-8(5-15)14-11(16)9-4-7(12)2-3-10(9)13/h2-4,8,15H,5-6,13H2,1H3,(H,14,16). The number of halogens is 1. The predicted octanol–water partition coefficient (Wildman–Crippen LogP) is 0.145. The second-order valence-corrected chi connectivity index (χ2v) is 3.54. The van der Waals surface area contributed by atoms with Crippen molar-refractivity contribution in [3.63, 3.8) is 0 Å². The fraction of sp³-hybridized carbons (Fsp3) is 0.364. The van der Waals surface area contributed by atoms with E-state index in [4.69, 9.17) is 15.6 Å². The number of benzene rings is 1. The van der Waals surface area contributed by atoms with Gasteiger partial charge in [-0.1, -0.05) is 0 Å². The first-order valence-electron chi connectivity index (χ1n) is 5.04. The molecule has 0 aliphatic heterocycles. The van der Waals surface area contributed by atoms with Gasteiger partial charge in [0.2, 0.25) is 0 Å². The third-order valence-electron chi connectivity index (χ3n) is 2.18. The zero-order valence-electron chi connectivity index (χ0n) is 9.44. The van der Waals surface area contributed by atoms with Crippen molar-refractivity contribution in [3.8, 4) is 0 Å². The van der Waals surface area contributed by atoms with Crippen LogP contribution in [0.1, 0.15) is 10.4 Å². The molecule has 0 saturated carbocycles. The Hall–Kier alpha value is -1.66. The number of nitrogens with one attached hydrogen (secondary N) is 1. The largest absolute Gasteiger partial charge is 0.398 e. The van der Waals surface area contributed by atoms with Crippen LogP contribution in [0, 0.1) is 5.82 Å². The van der Waals surface area contributed by atoms with Gasteiger partial charge in [-0.25, -0.2) is 4.39 Å². The first-order valence-corrected chi connectivity index (χ1v) is 5.04. The van der Waals surface area contributed by atoms with E-state index < -0.39 is 17.8 Å². The number of aliphatic hydroxyl groups is 1. The summed E-state index contributed by atoms with van der Waals surface area (Å²) in [5.41, 5.74) is 5.78. The van der Waals surface area contributed by atoms with Gasteiger partial charge in [-0.3, -0.25) is 4.79 Å². The Morgan fingerprint density at radius 1 is 1.65 bits per heavy atom. The van der Waals surface area contributed by atoms with Gasteiger partial charge >= 0.3 is 0 Å². The molecule has 1 unspecified atom stereocenters. The number of amides is 1. The molecule has 6 heteroatoms. The van der Waals surface area contributed by atoms with Gasteiger partial charge in [0.25, 0.3) is 5.91 Å². The molecular weight excluding hydrogens is 227 g/mol. The summed E-state index contributed by atoms with van der Waals surface area (Å²) in [4.78, 5) is 11.7. The summed E-state index contributed by atoms with van der Waals surface area (Å²) in [5, 5.41) is 11.5. The van der Waals surface area contributed by atoms with Gasteiger partial charge in [-0.05, 0) is 18.2 Å². The van der Waals surface area contributed by atoms with Crippen molar-refractivity contribution in [2.75, 3.05) is 26.1 Å². The highest BCUT2D eigenvalue weighted by molar-refractivity contribution is 5.99. The molecule has 0 saturated heterocycles. The SMILES string of the molecule is COCC(CO)NC(=O)c1cc(F)ccc1N. The van der Waals surface area contributed by atoms with Crippen LogP contribution in [0.15, 0.2) is 18.2 Å². The van der Waals surface area contributed by atoms with E-state index in [1.54, 1.807) is 0 Å². The van der Waals surface area contributed by atoms with Crippen LogP contribution in [0.4, 0.5) is 10.1 Å². The molecule has 5 nitrogen and oxygen atoms in total. The van der Waals surface area contributed by atoms with Crippen molar-refractivity contribution in [3.05, 3.63) is 29.6 Å². The van der Waals surface area contributed by atoms with Crippen molar-refractivity contribution < 1.29 is 19.0 Å². The van der Waals surface area contributed by atoms with Gasteiger partial charge in [0.15, 0.2) is 0 Å². The zero-order valence-corrected chi connectivity index (χ0v) is 9.44. The molecule has 0 heterocycles. The van der Waals surface area contributed by atoms with Crippen LogP contribution in [-0.4, -0.2) is 37.4 Å². The average molecular weight is 242 g/mol. The lowest BCUT2D eigenvalue weighted by Gasteiger charge is -2.15. The molecule has 1 aromatic carbocycles. The molecule has 0 fully saturated rings. The minimum atomic E-state index is -0.546. The fourth-order valence-corrected chi connectivity index (χ4v) is 1.33. The maximum Gasteiger partial charge on any atom is 0.253 e. The van der Waals surface area contributed by atoms with E-state index >= 15 is 0 Å². The number of carbonyl (C=O) groups excluding carboxylic acids is 1. The van der Waals surface area contributed by atoms with Gasteiger partial charge in [0.05, 0.1) is 24.8 Å². The lowest BCUT2D eigenvalue weighted by molar-refractivity contribution is 0.0840. The molecule has 1 atom stereocenters. The highest BCUT2D eigenvalue weighted by Crippen LogP contribution is 2.13. The summed E-state index contributed by atoms with van der Waals surface area (Å²) in [6.07, 6.45) is 0. The smallest absolute Gasteiger partial charge is 0.253 e. The molecule has 4 N–H and O–H groups in total. The maximum absolute atomic E-state index is 13.0. The molecule has 17 heavy (non-hydrogen) atoms. The molecule has 0 spiro atoms. The van der Waals surface area contributed by atoms with E-state index in [1.165, 1.54) is 19.2 Å². The Kier molecular flexibility index (Phi) is 4.86. The molecule has 0 bridgehead atoms. The Bertz CT molecular complexity index is 398. The molecule has 0 aromatic heterocycles. The number of nitrogens with two attached hydrogens (primary N) is 1. The minimum Gasteiger partial charge on any atom is -0.398 e. The topological polar surface area (TPSA) is 84.6 Å². The summed E-state index contributed by atoms with van der Waals surface area (Å²) in [7, 11) is 1.45. The van der Waals surface area contributed by atoms with Gasteiger partial charge in [-0.15, -0.1) is 0 Å². The van der Waals surface area contributed by atoms with Crippen LogP contribution in [-0.2, 0) is 4.74 Å². The van der Waals surface area contributed by atoms with Crippen molar-refractivity contribution in [2.45, 2.75) is 6.04 Å². The molecule has 1 amide bonds. The van der Waals surface area contributed by atoms with E-state index in [0.29, 0.717) is 0 Å². The van der Waals surface area contributed by atoms with Crippen LogP contribution in [0.25, 0.3) is 0 Å². The van der Waals surface area contributed by atoms with Crippen molar-refractivity contribution in [1.29, 1.82) is 0 Å². The number of hydrogen-bond donors (Lipinski definition) is 3. The molecular formula is C11H15FN2O3. The third-order valence-corrected chi connectivity index (χ3v) is 2.18. The first-order chi connectivity index (χ1) is 8.08. The van der Waals surface area contributed by atoms with Crippen molar-refractivity contribution >= 4 is 11.6 Å². The quantitative estimate of drug-likeness (QED) is 0.641. The number of aliphatic hydroxyl groups excluding tert-OH is 1. The monoisotopic (exact) mass is 242 g/mol. The Balaban J connectivity index is 2.78. The Morgan fingerprint density at radius 2 is 2.35 bits per heavy atom. The fourth-order valence-electron chi connectivity index (χ4n) is 1.33. The second kappa shape index (κ2) is 6.17. The Morgan fingerprint density at radius 3 is 2.94 bits per heavy atom. The normalized spacial score (nSPS) is 12.2. The van der Waals surface area contributed by atoms with Crippen LogP contribution in [0.2, 0.25) is 0 Å². The molecule has 0 aliphatic rings. The maximum atomic E-state index is 13.0. The average Bonchev–Trinajstić information content (AvgIpc) is 2.31. The van der Waals surface area contributed by atoms with Gasteiger partial charge < -0.3 is 20.9 Å². The van der Waals surface area contributed by atoms with Crippen LogP contribution in [0.5, 0.6) is 0 Å². The van der Waals surface area contributed by atoms with E-state index in [1.807, 2.05) is 0 Å². The van der Waals surface area contributed by atoms with Gasteiger partial charge in [0, 0.05) is 12.8 Å². The summed E-state index contributed by atoms with van der Waals surface area (Å²) < 4.78 is 17.8. The van der Waals surface area contributed by atoms with Gasteiger partial charge in [-0.2, -0.15) is 0 Å². The summed E-state index contributed by atoms with van der Waals surface area (Å²) >= 11 is 0. The van der Waals surface area contributed by atoms with Crippen LogP contribution >= 0.6 is 0 Å². The lowest BCUT2D eigenvalue weighted by Crippen LogP contribution is -2.40. The highest BCUT2D eigenvalue weighted by atomic mass is 19.1. The van der Waals surface area contributed by atoms with Crippen LogP contribution < -0.4 is 11.1 Å². The predicted molar refractivity (Wildman–Crippen MR) is 61.0 cm³/mol. The molecule has 1 aromatic rings. The molecule has 1 rings (SSSR count). The van der Waals surface area contributed by atoms with E-state index in [0.717, 1.165) is 6.07 Å². The van der Waals surface area contributed by atoms with Crippen LogP contribution in [0.3, 0.4) is 0 Å². The number of hydrogen-bond acceptors (Lipinski definition) is 4. The summed E-state index contributed by atoms with van der Waals surface area (Å²) in [5.74, 6) is -1.09. The Labute approximate surface area is 98.4 Å². The number of rotatable bonds is 5. The van der Waals surface area contributed by atoms with Gasteiger partial charge in [0.1, 0.15) is 5.82 Å². The van der Waals surface area contributed by atoms with E-state index in [2.05, 4.69) is 5.32 Å². The summed E-state index contributed by atoms with van der Waals surface area (Å²) in [6, 6.07) is 2.99. The number of anilines is 1. The number of carbonyl (C=O) groups is 1. The number of ether oxygens (including phenoxy) is 1. The third kappa shape index (κ3) is 3.69. The molecule has 0 aliphatic carbocycles. The number of methoxy groups -OCH3 is 1. The number of nitrogen functional groups attached to an aromatic ring is 1. The van der Waals surface area contributed by atoms with Crippen molar-refractivity contribution in [1.82, 2.24) is 5.32 Å². The second-order valence-electron chi connectivity index (χ2n) is 3.54. The van der Waals surface area contributed by atoms with E-state index in [9.17, 15) is 9.18 Å². The van der Waals surface area contributed by atoms with E-state index in [-0.39, 0.29) is 24.5 Å². The van der Waals surface area contributed by atoms with Crippen molar-refractivity contribution in [2.24, 2.45) is 0 Å². The highest BCUT2D eigenvalue weighted by Gasteiger charge is 2.15. The minimum absolute atomic E-state index is 0.0413. The summed E-state index contributed by atoms with van der Waals surface area (Å²) in [6.45, 7) is -0.105. The molecule has 0 radical (unpaired) electrons. The zero-order chi connectivity index (χ0) is 12.8. The molecule has 94 valence electrons. The first kappa shape index (κ1) is 13.4.